The Hall–Kier alpha value is -2.24. The minimum Gasteiger partial charge on any atom is -0.508 e. The second kappa shape index (κ2) is 7.76. The van der Waals surface area contributed by atoms with Crippen LogP contribution in [-0.2, 0) is 4.79 Å². The fourth-order valence-electron chi connectivity index (χ4n) is 3.14. The Morgan fingerprint density at radius 1 is 1.16 bits per heavy atom. The molecule has 0 spiro atoms. The number of benzene rings is 2. The minimum atomic E-state index is -0.141. The van der Waals surface area contributed by atoms with Gasteiger partial charge in [0.1, 0.15) is 5.75 Å². The topological polar surface area (TPSA) is 57.0 Å². The van der Waals surface area contributed by atoms with Crippen molar-refractivity contribution >= 4 is 28.9 Å². The Morgan fingerprint density at radius 2 is 1.80 bits per heavy atom. The zero-order valence-corrected chi connectivity index (χ0v) is 15.0. The van der Waals surface area contributed by atoms with E-state index in [2.05, 4.69) is 10.2 Å². The summed E-state index contributed by atoms with van der Waals surface area (Å²) in [6.07, 6.45) is 0. The van der Waals surface area contributed by atoms with Gasteiger partial charge in [-0.05, 0) is 43.3 Å². The van der Waals surface area contributed by atoms with Gasteiger partial charge in [-0.3, -0.25) is 4.79 Å². The summed E-state index contributed by atoms with van der Waals surface area (Å²) in [5.74, 6) is 0.263. The predicted octanol–water partition coefficient (Wildman–Crippen LogP) is 1.78. The van der Waals surface area contributed by atoms with Crippen LogP contribution < -0.4 is 15.1 Å². The molecule has 1 fully saturated rings. The van der Waals surface area contributed by atoms with Crippen LogP contribution in [0.25, 0.3) is 0 Å². The molecule has 1 amide bonds. The van der Waals surface area contributed by atoms with Crippen molar-refractivity contribution in [3.8, 4) is 5.75 Å². The van der Waals surface area contributed by atoms with E-state index >= 15 is 0 Å². The number of hydrogen-bond donors (Lipinski definition) is 3. The monoisotopic (exact) mass is 360 g/mol. The first-order valence-corrected chi connectivity index (χ1v) is 8.86. The molecule has 0 aliphatic carbocycles. The molecule has 6 heteroatoms. The molecule has 2 aromatic carbocycles. The Balaban J connectivity index is 1.56. The van der Waals surface area contributed by atoms with Crippen molar-refractivity contribution in [3.05, 3.63) is 53.6 Å². The highest BCUT2D eigenvalue weighted by molar-refractivity contribution is 6.33. The first-order chi connectivity index (χ1) is 12.0. The van der Waals surface area contributed by atoms with Crippen LogP contribution in [0, 0.1) is 0 Å². The number of nitrogens with zero attached hydrogens (tertiary/aromatic N) is 1. The molecule has 1 heterocycles. The number of halogens is 1. The van der Waals surface area contributed by atoms with Crippen molar-refractivity contribution < 1.29 is 14.8 Å². The van der Waals surface area contributed by atoms with Crippen LogP contribution in [0.2, 0.25) is 5.02 Å². The maximum atomic E-state index is 12.5. The van der Waals surface area contributed by atoms with E-state index in [-0.39, 0.29) is 17.7 Å². The number of carbonyl (C=O) groups excluding carboxylic acids is 1. The van der Waals surface area contributed by atoms with Gasteiger partial charge in [0.15, 0.2) is 6.04 Å². The summed E-state index contributed by atoms with van der Waals surface area (Å²) in [5.41, 5.74) is 1.76. The molecule has 0 radical (unpaired) electrons. The molecule has 1 aliphatic rings. The van der Waals surface area contributed by atoms with Gasteiger partial charge in [-0.1, -0.05) is 23.7 Å². The van der Waals surface area contributed by atoms with Gasteiger partial charge < -0.3 is 20.2 Å². The molecule has 5 nitrogen and oxygen atoms in total. The molecule has 25 heavy (non-hydrogen) atoms. The van der Waals surface area contributed by atoms with E-state index in [1.54, 1.807) is 18.2 Å². The number of aromatic hydroxyl groups is 1. The highest BCUT2D eigenvalue weighted by Crippen LogP contribution is 2.20. The normalized spacial score (nSPS) is 16.5. The average molecular weight is 361 g/mol. The van der Waals surface area contributed by atoms with Gasteiger partial charge in [0.05, 0.1) is 36.9 Å². The van der Waals surface area contributed by atoms with Gasteiger partial charge in [-0.2, -0.15) is 0 Å². The van der Waals surface area contributed by atoms with Crippen LogP contribution >= 0.6 is 11.6 Å². The number of carbonyl (C=O) groups is 1. The van der Waals surface area contributed by atoms with Crippen LogP contribution in [0.1, 0.15) is 6.92 Å². The molecule has 3 rings (SSSR count). The van der Waals surface area contributed by atoms with Crippen molar-refractivity contribution in [1.82, 2.24) is 0 Å². The number of quaternary nitrogens is 1. The molecule has 0 unspecified atom stereocenters. The molecule has 132 valence electrons. The Bertz CT molecular complexity index is 728. The van der Waals surface area contributed by atoms with E-state index in [1.807, 2.05) is 37.3 Å². The highest BCUT2D eigenvalue weighted by atomic mass is 35.5. The fourth-order valence-corrected chi connectivity index (χ4v) is 3.32. The standard InChI is InChI=1S/C19H22ClN3O2/c1-14(19(25)21-18-5-3-2-4-17(18)20)22-10-12-23(13-11-22)15-6-8-16(24)9-7-15/h2-9,14,24H,10-13H2,1H3,(H,21,25)/p+1/t14-/m0/s1. The van der Waals surface area contributed by atoms with Crippen molar-refractivity contribution in [2.24, 2.45) is 0 Å². The molecule has 1 atom stereocenters. The second-order valence-corrected chi connectivity index (χ2v) is 6.76. The van der Waals surface area contributed by atoms with Crippen LogP contribution in [-0.4, -0.2) is 43.2 Å². The van der Waals surface area contributed by atoms with E-state index in [1.165, 1.54) is 4.90 Å². The lowest BCUT2D eigenvalue weighted by Gasteiger charge is -2.36. The summed E-state index contributed by atoms with van der Waals surface area (Å²) in [6.45, 7) is 5.49. The number of amides is 1. The number of nitrogens with one attached hydrogen (secondary N) is 2. The van der Waals surface area contributed by atoms with Gasteiger partial charge in [-0.25, -0.2) is 0 Å². The second-order valence-electron chi connectivity index (χ2n) is 6.35. The number of para-hydroxylation sites is 1. The molecule has 1 aliphatic heterocycles. The zero-order chi connectivity index (χ0) is 17.8. The summed E-state index contributed by atoms with van der Waals surface area (Å²) in [7, 11) is 0. The van der Waals surface area contributed by atoms with Gasteiger partial charge in [-0.15, -0.1) is 0 Å². The number of phenolic OH excluding ortho intramolecular Hbond substituents is 1. The lowest BCUT2D eigenvalue weighted by molar-refractivity contribution is -0.914. The van der Waals surface area contributed by atoms with Gasteiger partial charge in [0, 0.05) is 5.69 Å². The molecule has 0 aromatic heterocycles. The molecule has 0 saturated carbocycles. The van der Waals surface area contributed by atoms with Crippen molar-refractivity contribution in [1.29, 1.82) is 0 Å². The third-order valence-electron chi connectivity index (χ3n) is 4.76. The number of hydrogen-bond acceptors (Lipinski definition) is 3. The maximum absolute atomic E-state index is 12.5. The summed E-state index contributed by atoms with van der Waals surface area (Å²) in [6, 6.07) is 14.4. The van der Waals surface area contributed by atoms with Gasteiger partial charge in [0.2, 0.25) is 0 Å². The van der Waals surface area contributed by atoms with Crippen LogP contribution in [0.3, 0.4) is 0 Å². The summed E-state index contributed by atoms with van der Waals surface area (Å²) in [5, 5.41) is 12.9. The summed E-state index contributed by atoms with van der Waals surface area (Å²) >= 11 is 6.11. The first kappa shape index (κ1) is 17.6. The molecule has 3 N–H and O–H groups in total. The minimum absolute atomic E-state index is 0.0128. The SMILES string of the molecule is C[C@@H](C(=O)Nc1ccccc1Cl)[NH+]1CCN(c2ccc(O)cc2)CC1. The van der Waals surface area contributed by atoms with Crippen molar-refractivity contribution in [2.75, 3.05) is 36.4 Å². The zero-order valence-electron chi connectivity index (χ0n) is 14.2. The smallest absolute Gasteiger partial charge is 0.282 e. The molecular formula is C19H23ClN3O2+. The summed E-state index contributed by atoms with van der Waals surface area (Å²) < 4.78 is 0. The number of piperazine rings is 1. The van der Waals surface area contributed by atoms with E-state index in [0.29, 0.717) is 10.7 Å². The molecular weight excluding hydrogens is 338 g/mol. The van der Waals surface area contributed by atoms with E-state index in [4.69, 9.17) is 11.6 Å². The molecule has 0 bridgehead atoms. The van der Waals surface area contributed by atoms with Crippen LogP contribution in [0.15, 0.2) is 48.5 Å². The Kier molecular flexibility index (Phi) is 5.46. The Labute approximate surface area is 152 Å². The largest absolute Gasteiger partial charge is 0.508 e. The van der Waals surface area contributed by atoms with Gasteiger partial charge in [0.25, 0.3) is 5.91 Å². The Morgan fingerprint density at radius 3 is 2.44 bits per heavy atom. The number of anilines is 2. The number of phenols is 1. The van der Waals surface area contributed by atoms with Crippen molar-refractivity contribution in [3.63, 3.8) is 0 Å². The third-order valence-corrected chi connectivity index (χ3v) is 5.09. The third kappa shape index (κ3) is 4.24. The summed E-state index contributed by atoms with van der Waals surface area (Å²) in [4.78, 5) is 16.1. The van der Waals surface area contributed by atoms with E-state index in [0.717, 1.165) is 31.9 Å². The lowest BCUT2D eigenvalue weighted by atomic mass is 10.2. The predicted molar refractivity (Wildman–Crippen MR) is 101 cm³/mol. The van der Waals surface area contributed by atoms with Crippen LogP contribution in [0.5, 0.6) is 5.75 Å². The van der Waals surface area contributed by atoms with E-state index < -0.39 is 0 Å². The highest BCUT2D eigenvalue weighted by Gasteiger charge is 2.29. The fraction of sp³-hybridized carbons (Fsp3) is 0.316. The quantitative estimate of drug-likeness (QED) is 0.779. The average Bonchev–Trinajstić information content (AvgIpc) is 2.64. The number of rotatable bonds is 4. The van der Waals surface area contributed by atoms with E-state index in [9.17, 15) is 9.90 Å². The van der Waals surface area contributed by atoms with Crippen LogP contribution in [0.4, 0.5) is 11.4 Å². The molecule has 2 aromatic rings. The van der Waals surface area contributed by atoms with Gasteiger partial charge >= 0.3 is 0 Å². The lowest BCUT2D eigenvalue weighted by Crippen LogP contribution is -3.19. The first-order valence-electron chi connectivity index (χ1n) is 8.48. The van der Waals surface area contributed by atoms with Crippen molar-refractivity contribution in [2.45, 2.75) is 13.0 Å². The molecule has 1 saturated heterocycles. The maximum Gasteiger partial charge on any atom is 0.282 e.